The number of benzene rings is 1. The molecular weight excluding hydrogens is 639 g/mol. The molecule has 0 radical (unpaired) electrons. The Balaban J connectivity index is 1.25. The van der Waals surface area contributed by atoms with E-state index in [1.807, 2.05) is 45.3 Å². The van der Waals surface area contributed by atoms with Crippen LogP contribution in [0.2, 0.25) is 0 Å². The van der Waals surface area contributed by atoms with Crippen LogP contribution in [0.1, 0.15) is 102 Å². The summed E-state index contributed by atoms with van der Waals surface area (Å²) in [7, 11) is 0. The molecule has 4 N–H and O–H groups in total. The highest BCUT2D eigenvalue weighted by atomic mass is 19.1. The van der Waals surface area contributed by atoms with Crippen LogP contribution in [0, 0.1) is 23.6 Å². The number of piperidine rings is 1. The van der Waals surface area contributed by atoms with Gasteiger partial charge in [-0.25, -0.2) is 14.4 Å². The molecule has 0 spiro atoms. The number of imidazole rings is 1. The van der Waals surface area contributed by atoms with Crippen molar-refractivity contribution >= 4 is 28.8 Å². The summed E-state index contributed by atoms with van der Waals surface area (Å²) < 4.78 is 21.7. The van der Waals surface area contributed by atoms with E-state index < -0.39 is 23.4 Å². The number of aliphatic hydroxyl groups is 2. The van der Waals surface area contributed by atoms with E-state index in [0.717, 1.165) is 50.8 Å². The van der Waals surface area contributed by atoms with Crippen molar-refractivity contribution in [3.63, 3.8) is 0 Å². The van der Waals surface area contributed by atoms with Gasteiger partial charge in [0.2, 0.25) is 17.7 Å². The number of anilines is 1. The number of likely N-dealkylation sites (tertiary alicyclic amines) is 1. The molecular formula is C38H55FN6O5. The Labute approximate surface area is 295 Å². The van der Waals surface area contributed by atoms with Crippen LogP contribution in [0.3, 0.4) is 0 Å². The molecule has 50 heavy (non-hydrogen) atoms. The van der Waals surface area contributed by atoms with Crippen LogP contribution in [-0.2, 0) is 4.79 Å². The van der Waals surface area contributed by atoms with E-state index in [2.05, 4.69) is 20.5 Å². The molecule has 2 aromatic heterocycles. The number of nitrogens with zero attached hydrogens (tertiary/aromatic N) is 4. The van der Waals surface area contributed by atoms with Crippen LogP contribution >= 0.6 is 0 Å². The standard InChI is InChI=1S/C38H55FN6O5/c1-6-33(46)25(4)22-38(5,49)28-15-17-44(18-16-28)19-20-50-34-21-32-31(23-40-34)42-37(43-36(48)26-7-11-29(39)12-8-26)45(32)30-13-9-27(10-14-30)35(47)41-24(2)3/h7-8,11-12,21,23-25,27-28,30,33,46,49H,6,9-10,13-20,22H2,1-5H3,(H,41,47)(H,42,43,48). The third-order valence-corrected chi connectivity index (χ3v) is 10.7. The second-order valence-electron chi connectivity index (χ2n) is 14.9. The number of halogens is 1. The largest absolute Gasteiger partial charge is 0.476 e. The number of hydrogen-bond donors (Lipinski definition) is 4. The maximum absolute atomic E-state index is 13.5. The normalized spacial score (nSPS) is 21.5. The number of ether oxygens (including phenoxy) is 1. The summed E-state index contributed by atoms with van der Waals surface area (Å²) in [6.07, 6.45) is 7.22. The second kappa shape index (κ2) is 16.6. The Kier molecular flexibility index (Phi) is 12.5. The fourth-order valence-corrected chi connectivity index (χ4v) is 7.71. The number of hydrogen-bond acceptors (Lipinski definition) is 8. The minimum atomic E-state index is -0.808. The van der Waals surface area contributed by atoms with Crippen LogP contribution < -0.4 is 15.4 Å². The van der Waals surface area contributed by atoms with E-state index in [-0.39, 0.29) is 35.7 Å². The smallest absolute Gasteiger partial charge is 0.257 e. The first-order chi connectivity index (χ1) is 23.8. The van der Waals surface area contributed by atoms with E-state index in [9.17, 15) is 24.2 Å². The molecule has 2 fully saturated rings. The molecule has 5 rings (SSSR count). The van der Waals surface area contributed by atoms with Crippen LogP contribution in [0.25, 0.3) is 11.0 Å². The topological polar surface area (TPSA) is 142 Å². The van der Waals surface area contributed by atoms with Crippen molar-refractivity contribution in [2.45, 2.75) is 110 Å². The van der Waals surface area contributed by atoms with Crippen molar-refractivity contribution in [2.75, 3.05) is 31.6 Å². The van der Waals surface area contributed by atoms with Crippen molar-refractivity contribution in [1.82, 2.24) is 24.8 Å². The van der Waals surface area contributed by atoms with E-state index in [1.165, 1.54) is 24.3 Å². The summed E-state index contributed by atoms with van der Waals surface area (Å²) in [6.45, 7) is 12.7. The second-order valence-corrected chi connectivity index (χ2v) is 14.9. The highest BCUT2D eigenvalue weighted by molar-refractivity contribution is 6.04. The molecule has 12 heteroatoms. The van der Waals surface area contributed by atoms with Gasteiger partial charge in [0.25, 0.3) is 5.91 Å². The Bertz CT molecular complexity index is 1580. The van der Waals surface area contributed by atoms with E-state index in [0.29, 0.717) is 55.2 Å². The molecule has 274 valence electrons. The molecule has 1 aliphatic heterocycles. The molecule has 0 bridgehead atoms. The number of nitrogens with one attached hydrogen (secondary N) is 2. The number of carbonyl (C=O) groups excluding carboxylic acids is 2. The van der Waals surface area contributed by atoms with E-state index in [1.54, 1.807) is 6.20 Å². The lowest BCUT2D eigenvalue weighted by atomic mass is 9.75. The third kappa shape index (κ3) is 9.38. The van der Waals surface area contributed by atoms with Gasteiger partial charge in [-0.3, -0.25) is 19.8 Å². The number of rotatable bonds is 14. The lowest BCUT2D eigenvalue weighted by Crippen LogP contribution is -2.45. The van der Waals surface area contributed by atoms with Gasteiger partial charge < -0.3 is 24.8 Å². The Morgan fingerprint density at radius 2 is 1.76 bits per heavy atom. The molecule has 11 nitrogen and oxygen atoms in total. The van der Waals surface area contributed by atoms with E-state index in [4.69, 9.17) is 9.72 Å². The van der Waals surface area contributed by atoms with Crippen molar-refractivity contribution < 1.29 is 28.9 Å². The SMILES string of the molecule is CCC(O)C(C)CC(C)(O)C1CCN(CCOc2cc3c(cn2)nc(NC(=O)c2ccc(F)cc2)n3C2CCC(C(=O)NC(C)C)CC2)CC1. The van der Waals surface area contributed by atoms with Gasteiger partial charge in [-0.15, -0.1) is 0 Å². The first kappa shape index (κ1) is 37.6. The quantitative estimate of drug-likeness (QED) is 0.168. The average Bonchev–Trinajstić information content (AvgIpc) is 3.44. The summed E-state index contributed by atoms with van der Waals surface area (Å²) in [4.78, 5) is 37.5. The first-order valence-electron chi connectivity index (χ1n) is 18.4. The molecule has 3 heterocycles. The number of carbonyl (C=O) groups is 2. The van der Waals surface area contributed by atoms with E-state index >= 15 is 0 Å². The number of aliphatic hydroxyl groups excluding tert-OH is 1. The molecule has 3 aromatic rings. The fraction of sp³-hybridized carbons (Fsp3) is 0.632. The minimum Gasteiger partial charge on any atom is -0.476 e. The zero-order valence-electron chi connectivity index (χ0n) is 30.2. The molecule has 1 aromatic carbocycles. The number of amides is 2. The number of aromatic nitrogens is 3. The van der Waals surface area contributed by atoms with Crippen LogP contribution in [0.15, 0.2) is 36.5 Å². The van der Waals surface area contributed by atoms with Gasteiger partial charge in [0.15, 0.2) is 0 Å². The predicted octanol–water partition coefficient (Wildman–Crippen LogP) is 5.72. The fourth-order valence-electron chi connectivity index (χ4n) is 7.71. The van der Waals surface area contributed by atoms with Gasteiger partial charge in [0.05, 0.1) is 23.4 Å². The van der Waals surface area contributed by atoms with Gasteiger partial charge in [0, 0.05) is 36.2 Å². The summed E-state index contributed by atoms with van der Waals surface area (Å²) in [5.74, 6) is 0.280. The molecule has 2 amide bonds. The summed E-state index contributed by atoms with van der Waals surface area (Å²) in [5, 5.41) is 27.4. The molecule has 3 unspecified atom stereocenters. The van der Waals surface area contributed by atoms with Crippen molar-refractivity contribution in [3.8, 4) is 5.88 Å². The lowest BCUT2D eigenvalue weighted by molar-refractivity contribution is -0.126. The summed E-state index contributed by atoms with van der Waals surface area (Å²) in [6, 6.07) is 7.32. The minimum absolute atomic E-state index is 0.00593. The molecule has 2 aliphatic rings. The Morgan fingerprint density at radius 3 is 2.40 bits per heavy atom. The average molecular weight is 695 g/mol. The summed E-state index contributed by atoms with van der Waals surface area (Å²) >= 11 is 0. The third-order valence-electron chi connectivity index (χ3n) is 10.7. The van der Waals surface area contributed by atoms with Crippen LogP contribution in [0.4, 0.5) is 10.3 Å². The molecule has 3 atom stereocenters. The molecule has 1 aliphatic carbocycles. The van der Waals surface area contributed by atoms with Gasteiger partial charge in [-0.1, -0.05) is 13.8 Å². The monoisotopic (exact) mass is 694 g/mol. The van der Waals surface area contributed by atoms with Crippen molar-refractivity contribution in [3.05, 3.63) is 47.9 Å². The van der Waals surface area contributed by atoms with Gasteiger partial charge in [0.1, 0.15) is 17.9 Å². The number of fused-ring (bicyclic) bond motifs is 1. The van der Waals surface area contributed by atoms with Crippen LogP contribution in [-0.4, -0.2) is 85.5 Å². The van der Waals surface area contributed by atoms with Crippen molar-refractivity contribution in [2.24, 2.45) is 17.8 Å². The Hall–Kier alpha value is -3.61. The zero-order valence-corrected chi connectivity index (χ0v) is 30.2. The predicted molar refractivity (Wildman–Crippen MR) is 192 cm³/mol. The van der Waals surface area contributed by atoms with Crippen LogP contribution in [0.5, 0.6) is 5.88 Å². The highest BCUT2D eigenvalue weighted by Crippen LogP contribution is 2.38. The van der Waals surface area contributed by atoms with Gasteiger partial charge >= 0.3 is 0 Å². The van der Waals surface area contributed by atoms with Gasteiger partial charge in [-0.05, 0) is 121 Å². The number of pyridine rings is 1. The summed E-state index contributed by atoms with van der Waals surface area (Å²) in [5.41, 5.74) is 0.905. The molecule has 1 saturated carbocycles. The first-order valence-corrected chi connectivity index (χ1v) is 18.4. The lowest BCUT2D eigenvalue weighted by Gasteiger charge is -2.41. The maximum atomic E-state index is 13.5. The zero-order chi connectivity index (χ0) is 36.0. The highest BCUT2D eigenvalue weighted by Gasteiger charge is 2.37. The van der Waals surface area contributed by atoms with Gasteiger partial charge in [-0.2, -0.15) is 0 Å². The van der Waals surface area contributed by atoms with Crippen molar-refractivity contribution in [1.29, 1.82) is 0 Å². The Morgan fingerprint density at radius 1 is 1.08 bits per heavy atom. The maximum Gasteiger partial charge on any atom is 0.257 e. The molecule has 1 saturated heterocycles.